The van der Waals surface area contributed by atoms with Gasteiger partial charge in [0.25, 0.3) is 0 Å². The molecule has 2 heterocycles. The first-order valence-electron chi connectivity index (χ1n) is 8.67. The minimum Gasteiger partial charge on any atom is -0.462 e. The summed E-state index contributed by atoms with van der Waals surface area (Å²) in [7, 11) is 0. The number of anilines is 3. The minimum atomic E-state index is -0.373. The van der Waals surface area contributed by atoms with E-state index in [2.05, 4.69) is 25.6 Å². The van der Waals surface area contributed by atoms with Crippen molar-refractivity contribution in [1.82, 2.24) is 15.0 Å². The monoisotopic (exact) mass is 363 g/mol. The fourth-order valence-electron chi connectivity index (χ4n) is 2.51. The predicted octanol–water partition coefficient (Wildman–Crippen LogP) is 3.71. The van der Waals surface area contributed by atoms with E-state index >= 15 is 0 Å². The Balaban J connectivity index is 1.78. The Morgan fingerprint density at radius 1 is 1.11 bits per heavy atom. The quantitative estimate of drug-likeness (QED) is 0.619. The number of nitrogens with one attached hydrogen (secondary N) is 2. The van der Waals surface area contributed by atoms with Crippen molar-refractivity contribution in [1.29, 1.82) is 0 Å². The predicted molar refractivity (Wildman–Crippen MR) is 104 cm³/mol. The number of ether oxygens (including phenoxy) is 1. The maximum absolute atomic E-state index is 12.1. The fourth-order valence-corrected chi connectivity index (χ4v) is 2.51. The largest absolute Gasteiger partial charge is 0.462 e. The zero-order chi connectivity index (χ0) is 19.1. The molecule has 0 unspecified atom stereocenters. The lowest BCUT2D eigenvalue weighted by atomic mass is 10.2. The Labute approximate surface area is 157 Å². The number of aromatic nitrogens is 3. The maximum atomic E-state index is 12.1. The third-order valence-electron chi connectivity index (χ3n) is 3.74. The number of hydrogen-bond donors (Lipinski definition) is 2. The van der Waals surface area contributed by atoms with E-state index in [9.17, 15) is 4.79 Å². The number of rotatable bonds is 7. The number of pyridine rings is 1. The molecule has 0 fully saturated rings. The van der Waals surface area contributed by atoms with E-state index in [1.165, 1.54) is 0 Å². The third-order valence-corrected chi connectivity index (χ3v) is 3.74. The van der Waals surface area contributed by atoms with E-state index in [1.807, 2.05) is 37.3 Å². The van der Waals surface area contributed by atoms with Crippen molar-refractivity contribution >= 4 is 23.4 Å². The van der Waals surface area contributed by atoms with Gasteiger partial charge in [0.2, 0.25) is 5.95 Å². The van der Waals surface area contributed by atoms with E-state index in [4.69, 9.17) is 4.74 Å². The number of nitrogens with zero attached hydrogens (tertiary/aromatic N) is 3. The Bertz CT molecular complexity index is 915. The van der Waals surface area contributed by atoms with Gasteiger partial charge >= 0.3 is 5.97 Å². The van der Waals surface area contributed by atoms with E-state index in [-0.39, 0.29) is 5.97 Å². The van der Waals surface area contributed by atoms with Gasteiger partial charge in [-0.25, -0.2) is 9.78 Å². The normalized spacial score (nSPS) is 10.3. The van der Waals surface area contributed by atoms with Crippen LogP contribution in [0.1, 0.15) is 28.5 Å². The number of carbonyl (C=O) groups is 1. The van der Waals surface area contributed by atoms with Crippen LogP contribution in [0.2, 0.25) is 0 Å². The molecule has 0 aliphatic heterocycles. The van der Waals surface area contributed by atoms with Crippen molar-refractivity contribution in [3.63, 3.8) is 0 Å². The van der Waals surface area contributed by atoms with E-state index in [0.717, 1.165) is 11.3 Å². The summed E-state index contributed by atoms with van der Waals surface area (Å²) in [6.45, 7) is 4.58. The molecule has 0 spiro atoms. The summed E-state index contributed by atoms with van der Waals surface area (Å²) in [5.41, 5.74) is 2.98. The minimum absolute atomic E-state index is 0.322. The number of carbonyl (C=O) groups excluding carboxylic acids is 1. The van der Waals surface area contributed by atoms with Gasteiger partial charge in [-0.2, -0.15) is 4.98 Å². The van der Waals surface area contributed by atoms with Crippen molar-refractivity contribution < 1.29 is 9.53 Å². The molecule has 0 bridgehead atoms. The zero-order valence-electron chi connectivity index (χ0n) is 15.3. The summed E-state index contributed by atoms with van der Waals surface area (Å²) in [4.78, 5) is 25.0. The van der Waals surface area contributed by atoms with Crippen LogP contribution in [0.3, 0.4) is 0 Å². The van der Waals surface area contributed by atoms with Gasteiger partial charge in [0.15, 0.2) is 0 Å². The van der Waals surface area contributed by atoms with Crippen LogP contribution in [0.15, 0.2) is 54.9 Å². The second-order valence-electron chi connectivity index (χ2n) is 5.82. The molecule has 138 valence electrons. The molecule has 2 N–H and O–H groups in total. The molecule has 0 amide bonds. The van der Waals surface area contributed by atoms with Crippen molar-refractivity contribution in [3.8, 4) is 0 Å². The molecule has 1 aromatic carbocycles. The topological polar surface area (TPSA) is 89.0 Å². The molecular formula is C20H21N5O2. The molecule has 0 aliphatic carbocycles. The molecule has 0 saturated heterocycles. The van der Waals surface area contributed by atoms with Gasteiger partial charge in [-0.3, -0.25) is 4.98 Å². The molecule has 0 radical (unpaired) electrons. The molecular weight excluding hydrogens is 342 g/mol. The maximum Gasteiger partial charge on any atom is 0.340 e. The Morgan fingerprint density at radius 2 is 1.89 bits per heavy atom. The standard InChI is InChI=1S/C20H21N5O2/c1-3-27-19(26)16-6-4-5-7-17(16)24-18-12-14(2)23-20(25-18)22-13-15-8-10-21-11-9-15/h4-12H,3,13H2,1-2H3,(H2,22,23,24,25). The van der Waals surface area contributed by atoms with Crippen molar-refractivity contribution in [2.24, 2.45) is 0 Å². The smallest absolute Gasteiger partial charge is 0.340 e. The number of hydrogen-bond acceptors (Lipinski definition) is 7. The highest BCUT2D eigenvalue weighted by Crippen LogP contribution is 2.22. The van der Waals surface area contributed by atoms with Gasteiger partial charge in [0.1, 0.15) is 5.82 Å². The summed E-state index contributed by atoms with van der Waals surface area (Å²) in [5.74, 6) is 0.724. The summed E-state index contributed by atoms with van der Waals surface area (Å²) in [6, 6.07) is 12.9. The van der Waals surface area contributed by atoms with Crippen molar-refractivity contribution in [2.45, 2.75) is 20.4 Å². The number of esters is 1. The van der Waals surface area contributed by atoms with Gasteiger partial charge in [0.05, 0.1) is 17.9 Å². The molecule has 0 saturated carbocycles. The van der Waals surface area contributed by atoms with Crippen molar-refractivity contribution in [3.05, 3.63) is 71.7 Å². The average molecular weight is 363 g/mol. The highest BCUT2D eigenvalue weighted by atomic mass is 16.5. The summed E-state index contributed by atoms with van der Waals surface area (Å²) >= 11 is 0. The Hall–Kier alpha value is -3.48. The van der Waals surface area contributed by atoms with Crippen LogP contribution in [-0.4, -0.2) is 27.5 Å². The van der Waals surface area contributed by atoms with E-state index < -0.39 is 0 Å². The molecule has 27 heavy (non-hydrogen) atoms. The van der Waals surface area contributed by atoms with Crippen LogP contribution < -0.4 is 10.6 Å². The number of aryl methyl sites for hydroxylation is 1. The first-order valence-corrected chi connectivity index (χ1v) is 8.67. The van der Waals surface area contributed by atoms with Crippen LogP contribution in [-0.2, 0) is 11.3 Å². The lowest BCUT2D eigenvalue weighted by Crippen LogP contribution is -2.09. The highest BCUT2D eigenvalue weighted by Gasteiger charge is 2.13. The summed E-state index contributed by atoms with van der Waals surface area (Å²) < 4.78 is 5.11. The van der Waals surface area contributed by atoms with Crippen LogP contribution in [0.4, 0.5) is 17.5 Å². The van der Waals surface area contributed by atoms with E-state index in [1.54, 1.807) is 31.5 Å². The number of benzene rings is 1. The zero-order valence-corrected chi connectivity index (χ0v) is 15.3. The van der Waals surface area contributed by atoms with Crippen LogP contribution in [0.5, 0.6) is 0 Å². The second-order valence-corrected chi connectivity index (χ2v) is 5.82. The molecule has 3 aromatic rings. The molecule has 3 rings (SSSR count). The lowest BCUT2D eigenvalue weighted by Gasteiger charge is -2.12. The van der Waals surface area contributed by atoms with Crippen molar-refractivity contribution in [2.75, 3.05) is 17.2 Å². The first kappa shape index (κ1) is 18.3. The fraction of sp³-hybridized carbons (Fsp3) is 0.200. The van der Waals surface area contributed by atoms with Gasteiger partial charge in [0, 0.05) is 30.7 Å². The van der Waals surface area contributed by atoms with Gasteiger partial charge in [-0.05, 0) is 43.7 Å². The van der Waals surface area contributed by atoms with Gasteiger partial charge < -0.3 is 15.4 Å². The lowest BCUT2D eigenvalue weighted by molar-refractivity contribution is 0.0527. The molecule has 0 aliphatic rings. The first-order chi connectivity index (χ1) is 13.2. The molecule has 2 aromatic heterocycles. The van der Waals surface area contributed by atoms with Gasteiger partial charge in [-0.1, -0.05) is 12.1 Å². The second kappa shape index (κ2) is 8.75. The number of para-hydroxylation sites is 1. The van der Waals surface area contributed by atoms with Crippen LogP contribution in [0.25, 0.3) is 0 Å². The Morgan fingerprint density at radius 3 is 2.67 bits per heavy atom. The molecule has 0 atom stereocenters. The summed E-state index contributed by atoms with van der Waals surface area (Å²) in [6.07, 6.45) is 3.49. The van der Waals surface area contributed by atoms with E-state index in [0.29, 0.717) is 36.2 Å². The van der Waals surface area contributed by atoms with Gasteiger partial charge in [-0.15, -0.1) is 0 Å². The molecule has 7 nitrogen and oxygen atoms in total. The van der Waals surface area contributed by atoms with Crippen LogP contribution in [0, 0.1) is 6.92 Å². The average Bonchev–Trinajstić information content (AvgIpc) is 2.67. The third kappa shape index (κ3) is 5.01. The molecule has 7 heteroatoms. The van der Waals surface area contributed by atoms with Crippen LogP contribution >= 0.6 is 0 Å². The highest BCUT2D eigenvalue weighted by molar-refractivity contribution is 5.96. The Kier molecular flexibility index (Phi) is 5.94. The SMILES string of the molecule is CCOC(=O)c1ccccc1Nc1cc(C)nc(NCc2ccncc2)n1. The summed E-state index contributed by atoms with van der Waals surface area (Å²) in [5, 5.41) is 6.39.